The van der Waals surface area contributed by atoms with Crippen LogP contribution in [0.3, 0.4) is 0 Å². The van der Waals surface area contributed by atoms with Crippen LogP contribution in [0, 0.1) is 0 Å². The van der Waals surface area contributed by atoms with E-state index in [1.165, 1.54) is 13.8 Å². The van der Waals surface area contributed by atoms with E-state index in [9.17, 15) is 16.8 Å². The van der Waals surface area contributed by atoms with E-state index < -0.39 is 24.8 Å². The average molecular weight is 232 g/mol. The average Bonchev–Trinajstić information content (AvgIpc) is 1.83. The van der Waals surface area contributed by atoms with E-state index in [1.807, 2.05) is 0 Å². The second-order valence-corrected chi connectivity index (χ2v) is 5.94. The zero-order valence-corrected chi connectivity index (χ0v) is 8.93. The van der Waals surface area contributed by atoms with Gasteiger partial charge in [-0.15, -0.1) is 0 Å². The molecule has 13 heavy (non-hydrogen) atoms. The molecule has 0 saturated heterocycles. The number of hydrogen-bond donors (Lipinski definition) is 1. The van der Waals surface area contributed by atoms with Gasteiger partial charge in [-0.2, -0.15) is 16.8 Å². The van der Waals surface area contributed by atoms with E-state index in [4.69, 9.17) is 4.55 Å². The third kappa shape index (κ3) is 3.59. The van der Waals surface area contributed by atoms with Gasteiger partial charge in [-0.25, -0.2) is 0 Å². The number of hydrogen-bond acceptors (Lipinski definition) is 5. The topological polar surface area (TPSA) is 97.7 Å². The Bertz CT molecular complexity index is 339. The summed E-state index contributed by atoms with van der Waals surface area (Å²) in [4.78, 5) is 0. The van der Waals surface area contributed by atoms with Crippen LogP contribution >= 0.6 is 0 Å². The maximum atomic E-state index is 11.0. The third-order valence-electron chi connectivity index (χ3n) is 1.27. The molecule has 8 heteroatoms. The lowest BCUT2D eigenvalue weighted by Gasteiger charge is -2.11. The highest BCUT2D eigenvalue weighted by molar-refractivity contribution is 8.04. The highest BCUT2D eigenvalue weighted by atomic mass is 32.3. The smallest absolute Gasteiger partial charge is 0.284 e. The lowest BCUT2D eigenvalue weighted by Crippen LogP contribution is -2.30. The van der Waals surface area contributed by atoms with Gasteiger partial charge >= 0.3 is 0 Å². The molecule has 0 heterocycles. The molecule has 0 bridgehead atoms. The molecule has 0 aliphatic carbocycles. The molecule has 1 atom stereocenters. The minimum absolute atomic E-state index is 0.158. The van der Waals surface area contributed by atoms with Crippen molar-refractivity contribution in [1.82, 2.24) is 0 Å². The summed E-state index contributed by atoms with van der Waals surface area (Å²) in [6.07, 6.45) is -0.249. The minimum Gasteiger partial charge on any atom is -0.284 e. The Morgan fingerprint density at radius 2 is 1.69 bits per heavy atom. The zero-order chi connectivity index (χ0) is 10.7. The summed E-state index contributed by atoms with van der Waals surface area (Å²) >= 11 is 0. The van der Waals surface area contributed by atoms with Crippen LogP contribution in [0.5, 0.6) is 0 Å². The fourth-order valence-corrected chi connectivity index (χ4v) is 3.47. The fraction of sp³-hybridized carbons (Fsp3) is 1.00. The van der Waals surface area contributed by atoms with Crippen LogP contribution in [0.15, 0.2) is 0 Å². The summed E-state index contributed by atoms with van der Waals surface area (Å²) in [7, 11) is -8.83. The van der Waals surface area contributed by atoms with Crippen LogP contribution in [0.25, 0.3) is 0 Å². The lowest BCUT2D eigenvalue weighted by molar-refractivity contribution is 0.333. The van der Waals surface area contributed by atoms with Crippen LogP contribution in [-0.4, -0.2) is 32.6 Å². The van der Waals surface area contributed by atoms with Crippen molar-refractivity contribution in [3.8, 4) is 0 Å². The molecular weight excluding hydrogens is 220 g/mol. The molecule has 6 nitrogen and oxygen atoms in total. The first-order chi connectivity index (χ1) is 5.75. The highest BCUT2D eigenvalue weighted by Crippen LogP contribution is 2.13. The quantitative estimate of drug-likeness (QED) is 0.528. The van der Waals surface area contributed by atoms with Crippen molar-refractivity contribution in [1.29, 1.82) is 0 Å². The van der Waals surface area contributed by atoms with Gasteiger partial charge in [0.05, 0.1) is 6.61 Å². The van der Waals surface area contributed by atoms with Crippen molar-refractivity contribution in [2.45, 2.75) is 24.9 Å². The monoisotopic (exact) mass is 232 g/mol. The molecule has 0 aromatic carbocycles. The van der Waals surface area contributed by atoms with Crippen molar-refractivity contribution < 1.29 is 25.6 Å². The van der Waals surface area contributed by atoms with Crippen LogP contribution in [0.4, 0.5) is 0 Å². The van der Waals surface area contributed by atoms with Crippen LogP contribution in [0.1, 0.15) is 20.3 Å². The van der Waals surface area contributed by atoms with Crippen molar-refractivity contribution in [3.63, 3.8) is 0 Å². The predicted octanol–water partition coefficient (Wildman–Crippen LogP) is -0.0234. The molecule has 0 aliphatic rings. The van der Waals surface area contributed by atoms with Gasteiger partial charge in [0, 0.05) is 0 Å². The van der Waals surface area contributed by atoms with E-state index in [0.29, 0.717) is 0 Å². The van der Waals surface area contributed by atoms with Gasteiger partial charge in [-0.05, 0) is 13.3 Å². The van der Waals surface area contributed by atoms with Gasteiger partial charge in [0.15, 0.2) is 0 Å². The Balaban J connectivity index is 5.02. The van der Waals surface area contributed by atoms with Crippen LogP contribution < -0.4 is 0 Å². The molecule has 0 aromatic rings. The molecule has 0 radical (unpaired) electrons. The van der Waals surface area contributed by atoms with E-state index in [-0.39, 0.29) is 13.0 Å². The maximum Gasteiger partial charge on any atom is 0.287 e. The molecular formula is C5H12O6S2. The first-order valence-electron chi connectivity index (χ1n) is 3.60. The van der Waals surface area contributed by atoms with Crippen LogP contribution in [0.2, 0.25) is 0 Å². The molecule has 0 fully saturated rings. The van der Waals surface area contributed by atoms with Gasteiger partial charge in [-0.1, -0.05) is 6.92 Å². The molecule has 0 amide bonds. The molecule has 0 aliphatic heterocycles. The largest absolute Gasteiger partial charge is 0.287 e. The highest BCUT2D eigenvalue weighted by Gasteiger charge is 2.35. The minimum atomic E-state index is -4.61. The molecule has 80 valence electrons. The summed E-state index contributed by atoms with van der Waals surface area (Å²) in [6, 6.07) is 0. The standard InChI is InChI=1S/C5H12O6S2/c1-3-5(12(6,7)8)13(9,10)11-4-2/h5H,3-4H2,1-2H3,(H,6,7,8). The van der Waals surface area contributed by atoms with Crippen molar-refractivity contribution in [2.75, 3.05) is 6.61 Å². The first kappa shape index (κ1) is 12.8. The van der Waals surface area contributed by atoms with Crippen LogP contribution in [-0.2, 0) is 24.4 Å². The summed E-state index contributed by atoms with van der Waals surface area (Å²) in [6.45, 7) is 2.58. The lowest BCUT2D eigenvalue weighted by atomic mass is 10.6. The zero-order valence-electron chi connectivity index (χ0n) is 7.30. The molecule has 0 spiro atoms. The third-order valence-corrected chi connectivity index (χ3v) is 5.25. The Kier molecular flexibility index (Phi) is 4.30. The van der Waals surface area contributed by atoms with Crippen molar-refractivity contribution in [2.24, 2.45) is 0 Å². The molecule has 1 unspecified atom stereocenters. The van der Waals surface area contributed by atoms with Crippen molar-refractivity contribution >= 4 is 20.2 Å². The van der Waals surface area contributed by atoms with E-state index >= 15 is 0 Å². The summed E-state index contributed by atoms with van der Waals surface area (Å²) < 4.78 is 54.2. The molecule has 0 rings (SSSR count). The predicted molar refractivity (Wildman–Crippen MR) is 46.2 cm³/mol. The Morgan fingerprint density at radius 3 is 1.92 bits per heavy atom. The van der Waals surface area contributed by atoms with E-state index in [1.54, 1.807) is 0 Å². The molecule has 0 aromatic heterocycles. The summed E-state index contributed by atoms with van der Waals surface area (Å²) in [5.74, 6) is 0. The Morgan fingerprint density at radius 1 is 1.23 bits per heavy atom. The molecule has 1 N–H and O–H groups in total. The van der Waals surface area contributed by atoms with E-state index in [0.717, 1.165) is 0 Å². The van der Waals surface area contributed by atoms with E-state index in [2.05, 4.69) is 4.18 Å². The van der Waals surface area contributed by atoms with Gasteiger partial charge < -0.3 is 0 Å². The second kappa shape index (κ2) is 4.36. The first-order valence-corrected chi connectivity index (χ1v) is 6.57. The SMILES string of the molecule is CCOS(=O)(=O)C(CC)S(=O)(=O)O. The van der Waals surface area contributed by atoms with Gasteiger partial charge in [0.1, 0.15) is 0 Å². The van der Waals surface area contributed by atoms with Crippen molar-refractivity contribution in [3.05, 3.63) is 0 Å². The summed E-state index contributed by atoms with van der Waals surface area (Å²) in [5, 5.41) is 0. The Labute approximate surface area is 77.8 Å². The normalized spacial score (nSPS) is 15.6. The maximum absolute atomic E-state index is 11.0. The van der Waals surface area contributed by atoms with Gasteiger partial charge in [-0.3, -0.25) is 8.74 Å². The summed E-state index contributed by atoms with van der Waals surface area (Å²) in [5.41, 5.74) is 0. The second-order valence-electron chi connectivity index (χ2n) is 2.25. The van der Waals surface area contributed by atoms with Gasteiger partial charge in [0.25, 0.3) is 20.2 Å². The fourth-order valence-electron chi connectivity index (χ4n) is 0.804. The number of rotatable bonds is 5. The van der Waals surface area contributed by atoms with Gasteiger partial charge in [0.2, 0.25) is 4.58 Å². The Hall–Kier alpha value is -0.180. The molecule has 0 saturated carbocycles.